The molecule has 0 aliphatic carbocycles. The largest absolute Gasteiger partial charge is 0.451 e. The molecule has 0 saturated carbocycles. The molecule has 0 bridgehead atoms. The maximum atomic E-state index is 13.2. The lowest BCUT2D eigenvalue weighted by Gasteiger charge is -2.42. The van der Waals surface area contributed by atoms with E-state index in [1.807, 2.05) is 26.5 Å². The molecule has 1 atom stereocenters. The average molecular weight is 486 g/mol. The number of aromatic nitrogens is 4. The summed E-state index contributed by atoms with van der Waals surface area (Å²) in [5.74, 6) is -0.0546. The van der Waals surface area contributed by atoms with Crippen molar-refractivity contribution in [3.8, 4) is 0 Å². The van der Waals surface area contributed by atoms with Gasteiger partial charge in [0, 0.05) is 50.6 Å². The van der Waals surface area contributed by atoms with Gasteiger partial charge in [0.1, 0.15) is 18.3 Å². The molecule has 2 aliphatic heterocycles. The fraction of sp³-hybridized carbons (Fsp3) is 0.346. The molecule has 1 fully saturated rings. The SMILES string of the molecule is C[C@@H]1CN(c2cccc3c2CN(C(=O)c2cocn2)CC3)CCN1C(=O)Cn1cnc2cccnc21. The minimum Gasteiger partial charge on any atom is -0.451 e. The molecule has 36 heavy (non-hydrogen) atoms. The molecular formula is C26H27N7O3. The van der Waals surface area contributed by atoms with E-state index in [2.05, 4.69) is 45.0 Å². The number of hydrogen-bond acceptors (Lipinski definition) is 7. The first kappa shape index (κ1) is 22.3. The van der Waals surface area contributed by atoms with E-state index in [1.165, 1.54) is 23.8 Å². The maximum Gasteiger partial charge on any atom is 0.276 e. The minimum absolute atomic E-state index is 0.0429. The van der Waals surface area contributed by atoms with Gasteiger partial charge < -0.3 is 23.7 Å². The van der Waals surface area contributed by atoms with E-state index in [4.69, 9.17) is 4.42 Å². The third-order valence-electron chi connectivity index (χ3n) is 7.16. The molecule has 0 radical (unpaired) electrons. The van der Waals surface area contributed by atoms with Gasteiger partial charge in [-0.25, -0.2) is 15.0 Å². The molecule has 6 rings (SSSR count). The van der Waals surface area contributed by atoms with E-state index in [9.17, 15) is 9.59 Å². The van der Waals surface area contributed by atoms with Crippen molar-refractivity contribution in [3.63, 3.8) is 0 Å². The van der Waals surface area contributed by atoms with Gasteiger partial charge in [-0.3, -0.25) is 9.59 Å². The molecule has 10 heteroatoms. The summed E-state index contributed by atoms with van der Waals surface area (Å²) in [5, 5.41) is 0. The number of rotatable bonds is 4. The number of piperazine rings is 1. The van der Waals surface area contributed by atoms with Crippen LogP contribution in [0.2, 0.25) is 0 Å². The summed E-state index contributed by atoms with van der Waals surface area (Å²) in [7, 11) is 0. The van der Waals surface area contributed by atoms with Gasteiger partial charge in [-0.15, -0.1) is 0 Å². The first-order valence-electron chi connectivity index (χ1n) is 12.2. The van der Waals surface area contributed by atoms with Crippen molar-refractivity contribution in [1.82, 2.24) is 29.3 Å². The second-order valence-corrected chi connectivity index (χ2v) is 9.37. The molecule has 0 N–H and O–H groups in total. The van der Waals surface area contributed by atoms with Gasteiger partial charge in [0.25, 0.3) is 5.91 Å². The standard InChI is InChI=1S/C26H27N7O3/c1-18-12-30(10-11-33(18)24(34)14-32-16-28-21-5-3-8-27-25(21)32)23-6-2-4-19-7-9-31(13-20(19)23)26(35)22-15-36-17-29-22/h2-6,8,15-18H,7,9-14H2,1H3/t18-/m1/s1. The third-order valence-corrected chi connectivity index (χ3v) is 7.16. The predicted octanol–water partition coefficient (Wildman–Crippen LogP) is 2.36. The Morgan fingerprint density at radius 1 is 1.08 bits per heavy atom. The van der Waals surface area contributed by atoms with Crippen LogP contribution in [0, 0.1) is 0 Å². The topological polar surface area (TPSA) is 101 Å². The summed E-state index contributed by atoms with van der Waals surface area (Å²) in [5.41, 5.74) is 5.41. The lowest BCUT2D eigenvalue weighted by atomic mass is 9.96. The second kappa shape index (κ2) is 9.10. The number of oxazole rings is 1. The highest BCUT2D eigenvalue weighted by atomic mass is 16.3. The van der Waals surface area contributed by atoms with E-state index < -0.39 is 0 Å². The first-order valence-corrected chi connectivity index (χ1v) is 12.2. The zero-order valence-electron chi connectivity index (χ0n) is 20.1. The van der Waals surface area contributed by atoms with Crippen molar-refractivity contribution in [2.75, 3.05) is 31.1 Å². The Morgan fingerprint density at radius 2 is 2.00 bits per heavy atom. The minimum atomic E-state index is -0.116. The quantitative estimate of drug-likeness (QED) is 0.437. The Hall–Kier alpha value is -4.21. The highest BCUT2D eigenvalue weighted by molar-refractivity contribution is 5.92. The van der Waals surface area contributed by atoms with Crippen LogP contribution in [0.15, 0.2) is 59.9 Å². The molecule has 3 aromatic heterocycles. The fourth-order valence-electron chi connectivity index (χ4n) is 5.31. The van der Waals surface area contributed by atoms with Crippen LogP contribution < -0.4 is 4.90 Å². The first-order chi connectivity index (χ1) is 17.6. The van der Waals surface area contributed by atoms with Crippen molar-refractivity contribution < 1.29 is 14.0 Å². The van der Waals surface area contributed by atoms with Crippen molar-refractivity contribution in [2.45, 2.75) is 32.5 Å². The lowest BCUT2D eigenvalue weighted by Crippen LogP contribution is -2.55. The number of fused-ring (bicyclic) bond motifs is 2. The molecular weight excluding hydrogens is 458 g/mol. The highest BCUT2D eigenvalue weighted by Gasteiger charge is 2.31. The van der Waals surface area contributed by atoms with Gasteiger partial charge in [0.05, 0.1) is 6.33 Å². The van der Waals surface area contributed by atoms with Crippen LogP contribution in [0.5, 0.6) is 0 Å². The molecule has 4 aromatic rings. The van der Waals surface area contributed by atoms with Crippen molar-refractivity contribution in [1.29, 1.82) is 0 Å². The smallest absolute Gasteiger partial charge is 0.276 e. The van der Waals surface area contributed by atoms with Gasteiger partial charge >= 0.3 is 0 Å². The van der Waals surface area contributed by atoms with Crippen LogP contribution in [0.3, 0.4) is 0 Å². The zero-order chi connectivity index (χ0) is 24.6. The Kier molecular flexibility index (Phi) is 5.63. The number of anilines is 1. The number of benzene rings is 1. The number of pyridine rings is 1. The van der Waals surface area contributed by atoms with Gasteiger partial charge in [-0.05, 0) is 42.7 Å². The third kappa shape index (κ3) is 3.98. The summed E-state index contributed by atoms with van der Waals surface area (Å²) in [6.45, 7) is 5.58. The van der Waals surface area contributed by atoms with Gasteiger partial charge in [0.15, 0.2) is 17.7 Å². The van der Waals surface area contributed by atoms with E-state index >= 15 is 0 Å². The number of nitrogens with zero attached hydrogens (tertiary/aromatic N) is 7. The molecule has 1 saturated heterocycles. The molecule has 2 aliphatic rings. The molecule has 0 unspecified atom stereocenters. The van der Waals surface area contributed by atoms with Crippen LogP contribution in [0.1, 0.15) is 28.5 Å². The number of carbonyl (C=O) groups is 2. The zero-order valence-corrected chi connectivity index (χ0v) is 20.1. The van der Waals surface area contributed by atoms with Crippen LogP contribution in [0.4, 0.5) is 5.69 Å². The molecule has 0 spiro atoms. The summed E-state index contributed by atoms with van der Waals surface area (Å²) >= 11 is 0. The number of amides is 2. The molecule has 1 aromatic carbocycles. The van der Waals surface area contributed by atoms with Crippen LogP contribution in [-0.2, 0) is 24.3 Å². The Morgan fingerprint density at radius 3 is 2.83 bits per heavy atom. The monoisotopic (exact) mass is 485 g/mol. The predicted molar refractivity (Wildman–Crippen MR) is 132 cm³/mol. The van der Waals surface area contributed by atoms with E-state index in [-0.39, 0.29) is 24.4 Å². The fourth-order valence-corrected chi connectivity index (χ4v) is 5.31. The Labute approximate surface area is 208 Å². The Balaban J connectivity index is 1.16. The summed E-state index contributed by atoms with van der Waals surface area (Å²) in [4.78, 5) is 44.9. The van der Waals surface area contributed by atoms with Crippen molar-refractivity contribution in [2.24, 2.45) is 0 Å². The summed E-state index contributed by atoms with van der Waals surface area (Å²) in [6, 6.07) is 10.1. The molecule has 10 nitrogen and oxygen atoms in total. The van der Waals surface area contributed by atoms with Crippen LogP contribution >= 0.6 is 0 Å². The highest BCUT2D eigenvalue weighted by Crippen LogP contribution is 2.31. The average Bonchev–Trinajstić information content (AvgIpc) is 3.58. The number of imidazole rings is 1. The van der Waals surface area contributed by atoms with Gasteiger partial charge in [-0.2, -0.15) is 0 Å². The Bertz CT molecular complexity index is 1410. The van der Waals surface area contributed by atoms with Crippen LogP contribution in [-0.4, -0.2) is 73.4 Å². The lowest BCUT2D eigenvalue weighted by molar-refractivity contribution is -0.134. The second-order valence-electron chi connectivity index (χ2n) is 9.37. The van der Waals surface area contributed by atoms with Crippen LogP contribution in [0.25, 0.3) is 11.2 Å². The number of hydrogen-bond donors (Lipinski definition) is 0. The number of carbonyl (C=O) groups excluding carboxylic acids is 2. The maximum absolute atomic E-state index is 13.2. The van der Waals surface area contributed by atoms with Crippen molar-refractivity contribution >= 4 is 28.7 Å². The summed E-state index contributed by atoms with van der Waals surface area (Å²) < 4.78 is 6.81. The van der Waals surface area contributed by atoms with Gasteiger partial charge in [-0.1, -0.05) is 12.1 Å². The summed E-state index contributed by atoms with van der Waals surface area (Å²) in [6.07, 6.45) is 6.87. The van der Waals surface area contributed by atoms with E-state index in [0.717, 1.165) is 36.4 Å². The van der Waals surface area contributed by atoms with Crippen molar-refractivity contribution in [3.05, 3.63) is 72.3 Å². The molecule has 2 amide bonds. The molecule has 184 valence electrons. The normalized spacial score (nSPS) is 17.9. The van der Waals surface area contributed by atoms with E-state index in [1.54, 1.807) is 12.5 Å². The molecule has 5 heterocycles. The van der Waals surface area contributed by atoms with Gasteiger partial charge in [0.2, 0.25) is 5.91 Å². The van der Waals surface area contributed by atoms with E-state index in [0.29, 0.717) is 25.3 Å².